The fourth-order valence-electron chi connectivity index (χ4n) is 6.73. The Morgan fingerprint density at radius 2 is 2.02 bits per heavy atom. The first-order chi connectivity index (χ1) is 24.2. The van der Waals surface area contributed by atoms with Gasteiger partial charge in [0.2, 0.25) is 11.7 Å². The average molecular weight is 733 g/mol. The van der Waals surface area contributed by atoms with Gasteiger partial charge >= 0.3 is 6.18 Å². The molecule has 3 atom stereocenters. The van der Waals surface area contributed by atoms with Crippen molar-refractivity contribution >= 4 is 40.5 Å². The number of anilines is 1. The summed E-state index contributed by atoms with van der Waals surface area (Å²) in [5.41, 5.74) is -3.10. The van der Waals surface area contributed by atoms with Crippen LogP contribution in [0.15, 0.2) is 35.4 Å². The zero-order chi connectivity index (χ0) is 36.4. The van der Waals surface area contributed by atoms with E-state index in [1.165, 1.54) is 11.5 Å². The van der Waals surface area contributed by atoms with Crippen molar-refractivity contribution < 1.29 is 41.7 Å². The number of halogens is 5. The van der Waals surface area contributed by atoms with Crippen LogP contribution in [0.1, 0.15) is 64.7 Å². The Kier molecular flexibility index (Phi) is 8.58. The van der Waals surface area contributed by atoms with Gasteiger partial charge in [0, 0.05) is 13.0 Å². The molecule has 6 heterocycles. The van der Waals surface area contributed by atoms with E-state index in [2.05, 4.69) is 25.4 Å². The molecule has 0 radical (unpaired) electrons. The third kappa shape index (κ3) is 5.89. The molecule has 1 saturated heterocycles. The molecule has 3 aliphatic heterocycles. The fourth-order valence-corrected chi connectivity index (χ4v) is 6.96. The molecule has 2 N–H and O–H groups in total. The Balaban J connectivity index is 1.28. The number of benzene rings is 1. The number of aromatic nitrogens is 6. The van der Waals surface area contributed by atoms with Crippen LogP contribution in [-0.2, 0) is 32.6 Å². The van der Waals surface area contributed by atoms with E-state index in [-0.39, 0.29) is 57.9 Å². The van der Waals surface area contributed by atoms with E-state index in [1.54, 1.807) is 13.0 Å². The van der Waals surface area contributed by atoms with Crippen molar-refractivity contribution in [3.63, 3.8) is 0 Å². The van der Waals surface area contributed by atoms with Crippen LogP contribution in [0.25, 0.3) is 11.4 Å². The standard InChI is InChI=1S/C32H29ClF4N8O6/c1-15-26(47)24(39-14-38-15)29(49)43-8-7-31(21(34)12-43)23-25(16(2)51-31)44(13-22(46)40-20-4-3-18(11-19(20)33)32(35,36)37)30-41-27(42-45(30)28(23)48)17-5-9-50-10-6-17/h3-5,11,14,16,21,47H,6-10,12-13H2,1-2H3,(H,40,46)/t16-,21?,31+/m1/s1. The summed E-state index contributed by atoms with van der Waals surface area (Å²) in [5, 5.41) is 17.0. The lowest BCUT2D eigenvalue weighted by Crippen LogP contribution is -2.55. The Hall–Kier alpha value is -4.94. The molecule has 3 aliphatic rings. The first-order valence-corrected chi connectivity index (χ1v) is 16.2. The van der Waals surface area contributed by atoms with Gasteiger partial charge in [0.1, 0.15) is 18.5 Å². The van der Waals surface area contributed by atoms with Gasteiger partial charge in [-0.05, 0) is 44.0 Å². The molecule has 1 fully saturated rings. The number of hydrogen-bond acceptors (Lipinski definition) is 10. The number of aryl methyl sites for hydroxylation is 1. The van der Waals surface area contributed by atoms with Crippen molar-refractivity contribution in [2.75, 3.05) is 31.6 Å². The summed E-state index contributed by atoms with van der Waals surface area (Å²) in [6, 6.07) is 2.48. The summed E-state index contributed by atoms with van der Waals surface area (Å²) in [7, 11) is 0. The molecule has 51 heavy (non-hydrogen) atoms. The van der Waals surface area contributed by atoms with E-state index in [0.717, 1.165) is 27.9 Å². The zero-order valence-electron chi connectivity index (χ0n) is 27.0. The predicted molar refractivity (Wildman–Crippen MR) is 171 cm³/mol. The van der Waals surface area contributed by atoms with Gasteiger partial charge in [-0.1, -0.05) is 17.7 Å². The van der Waals surface area contributed by atoms with Crippen molar-refractivity contribution in [2.24, 2.45) is 0 Å². The second kappa shape index (κ2) is 12.7. The van der Waals surface area contributed by atoms with E-state index in [9.17, 15) is 32.7 Å². The predicted octanol–water partition coefficient (Wildman–Crippen LogP) is 3.98. The van der Waals surface area contributed by atoms with Crippen LogP contribution >= 0.6 is 11.6 Å². The van der Waals surface area contributed by atoms with Gasteiger partial charge in [-0.15, -0.1) is 5.10 Å². The van der Waals surface area contributed by atoms with Crippen LogP contribution in [0, 0.1) is 6.92 Å². The molecule has 14 nitrogen and oxygen atoms in total. The number of nitrogens with one attached hydrogen (secondary N) is 1. The molecule has 268 valence electrons. The Morgan fingerprint density at radius 1 is 1.24 bits per heavy atom. The molecule has 1 unspecified atom stereocenters. The van der Waals surface area contributed by atoms with Crippen LogP contribution in [0.5, 0.6) is 5.75 Å². The van der Waals surface area contributed by atoms with E-state index in [0.29, 0.717) is 31.3 Å². The van der Waals surface area contributed by atoms with Crippen molar-refractivity contribution in [2.45, 2.75) is 57.3 Å². The molecule has 3 aromatic heterocycles. The van der Waals surface area contributed by atoms with Gasteiger partial charge in [0.25, 0.3) is 11.5 Å². The van der Waals surface area contributed by atoms with Crippen LogP contribution in [-0.4, -0.2) is 83.4 Å². The average Bonchev–Trinajstić information content (AvgIpc) is 3.67. The number of hydrogen-bond donors (Lipinski definition) is 2. The van der Waals surface area contributed by atoms with E-state index < -0.39 is 65.8 Å². The van der Waals surface area contributed by atoms with Crippen molar-refractivity contribution in [3.05, 3.63) is 80.0 Å². The van der Waals surface area contributed by atoms with Crippen LogP contribution in [0.2, 0.25) is 5.02 Å². The molecule has 2 amide bonds. The van der Waals surface area contributed by atoms with Crippen molar-refractivity contribution in [3.8, 4) is 5.75 Å². The summed E-state index contributed by atoms with van der Waals surface area (Å²) in [6.07, 6.45) is -4.44. The molecule has 1 aromatic carbocycles. The highest BCUT2D eigenvalue weighted by atomic mass is 35.5. The molecule has 1 spiro atoms. The summed E-state index contributed by atoms with van der Waals surface area (Å²) >= 11 is 6.09. The number of rotatable bonds is 5. The summed E-state index contributed by atoms with van der Waals surface area (Å²) in [4.78, 5) is 54.6. The Morgan fingerprint density at radius 3 is 2.71 bits per heavy atom. The van der Waals surface area contributed by atoms with Gasteiger partial charge < -0.3 is 29.4 Å². The summed E-state index contributed by atoms with van der Waals surface area (Å²) in [6.45, 7) is 2.59. The molecule has 0 saturated carbocycles. The lowest BCUT2D eigenvalue weighted by atomic mass is 9.83. The minimum atomic E-state index is -4.65. The number of piperidine rings is 1. The lowest BCUT2D eigenvalue weighted by molar-refractivity contribution is -0.143. The maximum Gasteiger partial charge on any atom is 0.416 e. The fraction of sp³-hybridized carbons (Fsp3) is 0.406. The van der Waals surface area contributed by atoms with E-state index >= 15 is 4.39 Å². The van der Waals surface area contributed by atoms with Crippen molar-refractivity contribution in [1.82, 2.24) is 34.0 Å². The number of carbonyl (C=O) groups is 2. The number of nitrogens with zero attached hydrogens (tertiary/aromatic N) is 7. The van der Waals surface area contributed by atoms with E-state index in [1.807, 2.05) is 0 Å². The smallest absolute Gasteiger partial charge is 0.416 e. The molecule has 7 rings (SSSR count). The molecule has 0 aliphatic carbocycles. The number of amides is 2. The molecular weight excluding hydrogens is 704 g/mol. The Bertz CT molecular complexity index is 2190. The highest BCUT2D eigenvalue weighted by molar-refractivity contribution is 6.33. The number of carbonyl (C=O) groups excluding carboxylic acids is 2. The topological polar surface area (TPSA) is 166 Å². The van der Waals surface area contributed by atoms with Gasteiger partial charge in [-0.2, -0.15) is 22.7 Å². The number of likely N-dealkylation sites (tertiary alicyclic amines) is 1. The molecule has 19 heteroatoms. The van der Waals surface area contributed by atoms with E-state index in [4.69, 9.17) is 21.1 Å². The molecular formula is C32H29ClF4N8O6. The van der Waals surface area contributed by atoms with Gasteiger partial charge in [0.15, 0.2) is 23.4 Å². The highest BCUT2D eigenvalue weighted by Gasteiger charge is 2.56. The third-order valence-electron chi connectivity index (χ3n) is 9.24. The first kappa shape index (κ1) is 34.5. The highest BCUT2D eigenvalue weighted by Crippen LogP contribution is 2.49. The maximum absolute atomic E-state index is 16.6. The van der Waals surface area contributed by atoms with Gasteiger partial charge in [-0.25, -0.2) is 14.4 Å². The normalized spacial score (nSPS) is 21.9. The van der Waals surface area contributed by atoms with Crippen molar-refractivity contribution in [1.29, 1.82) is 0 Å². The molecule has 4 aromatic rings. The lowest BCUT2D eigenvalue weighted by Gasteiger charge is -2.41. The quantitative estimate of drug-likeness (QED) is 0.287. The second-order valence-corrected chi connectivity index (χ2v) is 12.8. The monoisotopic (exact) mass is 732 g/mol. The number of alkyl halides is 4. The van der Waals surface area contributed by atoms with Crippen LogP contribution in [0.3, 0.4) is 0 Å². The van der Waals surface area contributed by atoms with Gasteiger partial charge in [0.05, 0.1) is 59.1 Å². The molecule has 0 bridgehead atoms. The van der Waals surface area contributed by atoms with Gasteiger partial charge in [-0.3, -0.25) is 14.4 Å². The maximum atomic E-state index is 16.6. The van der Waals surface area contributed by atoms with Crippen LogP contribution in [0.4, 0.5) is 23.2 Å². The van der Waals surface area contributed by atoms with Crippen LogP contribution < -0.4 is 10.9 Å². The second-order valence-electron chi connectivity index (χ2n) is 12.4. The SMILES string of the molecule is Cc1ncnc(C(=O)N2CC[C@]3(O[C@H](C)c4c3c(=O)n3nc(C5=CCOCC5)nc3n4CC(=O)Nc3ccc(C(F)(F)F)cc3Cl)C(F)C2)c1O. The zero-order valence-corrected chi connectivity index (χ0v) is 27.8. The largest absolute Gasteiger partial charge is 0.504 e. The summed E-state index contributed by atoms with van der Waals surface area (Å²) in [5.74, 6) is -1.78. The summed E-state index contributed by atoms with van der Waals surface area (Å²) < 4.78 is 70.2. The minimum absolute atomic E-state index is 0.0556. The Labute approximate surface area is 290 Å². The number of ether oxygens (including phenoxy) is 2. The number of aromatic hydroxyl groups is 1. The number of fused-ring (bicyclic) bond motifs is 3. The minimum Gasteiger partial charge on any atom is -0.504 e. The first-order valence-electron chi connectivity index (χ1n) is 15.8. The third-order valence-corrected chi connectivity index (χ3v) is 9.55.